The maximum Gasteiger partial charge on any atom is 0.225 e. The average molecular weight is 378 g/mol. The van der Waals surface area contributed by atoms with E-state index in [1.807, 2.05) is 39.0 Å². The van der Waals surface area contributed by atoms with Gasteiger partial charge in [-0.2, -0.15) is 0 Å². The zero-order valence-corrected chi connectivity index (χ0v) is 17.6. The van der Waals surface area contributed by atoms with Gasteiger partial charge < -0.3 is 9.88 Å². The van der Waals surface area contributed by atoms with Crippen molar-refractivity contribution in [2.75, 3.05) is 6.54 Å². The molecule has 28 heavy (non-hydrogen) atoms. The first-order chi connectivity index (χ1) is 13.3. The fraction of sp³-hybridized carbons (Fsp3) is 0.417. The topological polar surface area (TPSA) is 46.9 Å². The summed E-state index contributed by atoms with van der Waals surface area (Å²) in [7, 11) is 0. The summed E-state index contributed by atoms with van der Waals surface area (Å²) >= 11 is 0. The van der Waals surface area contributed by atoms with Gasteiger partial charge in [0.1, 0.15) is 5.82 Å². The van der Waals surface area contributed by atoms with Crippen LogP contribution in [0.3, 0.4) is 0 Å². The molecule has 3 rings (SSSR count). The highest BCUT2D eigenvalue weighted by molar-refractivity contribution is 5.81. The number of fused-ring (bicyclic) bond motifs is 1. The van der Waals surface area contributed by atoms with Crippen LogP contribution in [0.15, 0.2) is 48.5 Å². The van der Waals surface area contributed by atoms with Crippen LogP contribution in [0.1, 0.15) is 57.5 Å². The molecular weight excluding hydrogens is 346 g/mol. The van der Waals surface area contributed by atoms with E-state index < -0.39 is 0 Å². The number of hydrogen-bond donors (Lipinski definition) is 1. The summed E-state index contributed by atoms with van der Waals surface area (Å²) in [4.78, 5) is 17.0. The number of carbonyl (C=O) groups is 1. The molecule has 1 N–H and O–H groups in total. The lowest BCUT2D eigenvalue weighted by atomic mass is 9.96. The van der Waals surface area contributed by atoms with Crippen LogP contribution in [0.4, 0.5) is 0 Å². The first-order valence-corrected chi connectivity index (χ1v) is 10.1. The van der Waals surface area contributed by atoms with Gasteiger partial charge in [-0.05, 0) is 29.2 Å². The molecule has 2 aromatic carbocycles. The van der Waals surface area contributed by atoms with E-state index >= 15 is 0 Å². The molecule has 0 radical (unpaired) electrons. The number of nitrogens with one attached hydrogen (secondary N) is 1. The normalized spacial score (nSPS) is 11.9. The highest BCUT2D eigenvalue weighted by Crippen LogP contribution is 2.20. The van der Waals surface area contributed by atoms with Crippen molar-refractivity contribution in [3.05, 3.63) is 65.5 Å². The lowest BCUT2D eigenvalue weighted by Gasteiger charge is -2.17. The van der Waals surface area contributed by atoms with Gasteiger partial charge >= 0.3 is 0 Å². The standard InChI is InChI=1S/C24H31N3O/c1-17(2)19-12-10-18(11-13-19)16-27-21-9-7-6-8-20(21)26-22(27)14-15-25-23(28)24(3,4)5/h6-13,17H,14-16H2,1-5H3,(H,25,28). The van der Waals surface area contributed by atoms with Crippen LogP contribution in [0.5, 0.6) is 0 Å². The van der Waals surface area contributed by atoms with E-state index in [1.165, 1.54) is 11.1 Å². The zero-order valence-electron chi connectivity index (χ0n) is 17.6. The highest BCUT2D eigenvalue weighted by Gasteiger charge is 2.20. The van der Waals surface area contributed by atoms with Crippen LogP contribution in [0, 0.1) is 5.41 Å². The second-order valence-electron chi connectivity index (χ2n) is 8.76. The van der Waals surface area contributed by atoms with Gasteiger partial charge in [0.15, 0.2) is 0 Å². The minimum Gasteiger partial charge on any atom is -0.355 e. The molecule has 0 aliphatic rings. The van der Waals surface area contributed by atoms with Crippen LogP contribution in [0.2, 0.25) is 0 Å². The molecule has 4 nitrogen and oxygen atoms in total. The largest absolute Gasteiger partial charge is 0.355 e. The van der Waals surface area contributed by atoms with Crippen LogP contribution >= 0.6 is 0 Å². The molecule has 1 heterocycles. The van der Waals surface area contributed by atoms with Gasteiger partial charge in [0.05, 0.1) is 11.0 Å². The molecule has 0 saturated heterocycles. The van der Waals surface area contributed by atoms with Gasteiger partial charge in [-0.3, -0.25) is 4.79 Å². The quantitative estimate of drug-likeness (QED) is 0.663. The van der Waals surface area contributed by atoms with Crippen molar-refractivity contribution in [3.8, 4) is 0 Å². The van der Waals surface area contributed by atoms with Gasteiger partial charge in [-0.25, -0.2) is 4.98 Å². The third-order valence-electron chi connectivity index (χ3n) is 5.04. The first kappa shape index (κ1) is 20.1. The molecular formula is C24H31N3O. The SMILES string of the molecule is CC(C)c1ccc(Cn2c(CCNC(=O)C(C)(C)C)nc3ccccc32)cc1. The average Bonchev–Trinajstić information content (AvgIpc) is 2.99. The van der Waals surface area contributed by atoms with Crippen LogP contribution in [-0.2, 0) is 17.8 Å². The summed E-state index contributed by atoms with van der Waals surface area (Å²) in [5.74, 6) is 1.60. The molecule has 1 amide bonds. The lowest BCUT2D eigenvalue weighted by Crippen LogP contribution is -2.36. The Hall–Kier alpha value is -2.62. The summed E-state index contributed by atoms with van der Waals surface area (Å²) < 4.78 is 2.27. The fourth-order valence-electron chi connectivity index (χ4n) is 3.24. The van der Waals surface area contributed by atoms with Gasteiger partial charge in [0.2, 0.25) is 5.91 Å². The van der Waals surface area contributed by atoms with Crippen LogP contribution in [-0.4, -0.2) is 22.0 Å². The van der Waals surface area contributed by atoms with Gasteiger partial charge in [-0.1, -0.05) is 71.0 Å². The lowest BCUT2D eigenvalue weighted by molar-refractivity contribution is -0.128. The van der Waals surface area contributed by atoms with Crippen molar-refractivity contribution in [2.45, 2.75) is 53.5 Å². The molecule has 0 atom stereocenters. The van der Waals surface area contributed by atoms with Crippen molar-refractivity contribution < 1.29 is 4.79 Å². The molecule has 3 aromatic rings. The summed E-state index contributed by atoms with van der Waals surface area (Å²) in [5, 5.41) is 3.03. The van der Waals surface area contributed by atoms with E-state index in [0.29, 0.717) is 18.9 Å². The third-order valence-corrected chi connectivity index (χ3v) is 5.04. The van der Waals surface area contributed by atoms with Crippen molar-refractivity contribution in [2.24, 2.45) is 5.41 Å². The minimum atomic E-state index is -0.377. The first-order valence-electron chi connectivity index (χ1n) is 10.1. The molecule has 0 spiro atoms. The minimum absolute atomic E-state index is 0.0689. The van der Waals surface area contributed by atoms with Gasteiger partial charge in [0, 0.05) is 24.9 Å². The Balaban J connectivity index is 1.82. The predicted molar refractivity (Wildman–Crippen MR) is 116 cm³/mol. The Morgan fingerprint density at radius 3 is 2.39 bits per heavy atom. The molecule has 0 unspecified atom stereocenters. The smallest absolute Gasteiger partial charge is 0.225 e. The number of carbonyl (C=O) groups excluding carboxylic acids is 1. The number of rotatable bonds is 6. The number of amides is 1. The van der Waals surface area contributed by atoms with E-state index in [9.17, 15) is 4.79 Å². The predicted octanol–water partition coefficient (Wildman–Crippen LogP) is 4.91. The van der Waals surface area contributed by atoms with E-state index in [-0.39, 0.29) is 11.3 Å². The van der Waals surface area contributed by atoms with Crippen molar-refractivity contribution in [1.29, 1.82) is 0 Å². The number of aromatic nitrogens is 2. The summed E-state index contributed by atoms with van der Waals surface area (Å²) in [6, 6.07) is 17.1. The Morgan fingerprint density at radius 1 is 1.07 bits per heavy atom. The number of benzene rings is 2. The monoisotopic (exact) mass is 377 g/mol. The Bertz CT molecular complexity index is 946. The fourth-order valence-corrected chi connectivity index (χ4v) is 3.24. The number of nitrogens with zero attached hydrogens (tertiary/aromatic N) is 2. The van der Waals surface area contributed by atoms with Crippen LogP contribution in [0.25, 0.3) is 11.0 Å². The van der Waals surface area contributed by atoms with E-state index in [4.69, 9.17) is 4.98 Å². The molecule has 0 fully saturated rings. The maximum absolute atomic E-state index is 12.2. The zero-order chi connectivity index (χ0) is 20.3. The van der Waals surface area contributed by atoms with E-state index in [2.05, 4.69) is 54.1 Å². The van der Waals surface area contributed by atoms with Crippen molar-refractivity contribution in [3.63, 3.8) is 0 Å². The third kappa shape index (κ3) is 4.61. The molecule has 0 aliphatic heterocycles. The number of imidazole rings is 1. The van der Waals surface area contributed by atoms with E-state index in [1.54, 1.807) is 0 Å². The maximum atomic E-state index is 12.2. The molecule has 0 aliphatic carbocycles. The van der Waals surface area contributed by atoms with Gasteiger partial charge in [-0.15, -0.1) is 0 Å². The molecule has 1 aromatic heterocycles. The highest BCUT2D eigenvalue weighted by atomic mass is 16.2. The number of para-hydroxylation sites is 2. The molecule has 0 saturated carbocycles. The van der Waals surface area contributed by atoms with Crippen molar-refractivity contribution >= 4 is 16.9 Å². The Kier molecular flexibility index (Phi) is 5.87. The molecule has 148 valence electrons. The Morgan fingerprint density at radius 2 is 1.75 bits per heavy atom. The second-order valence-corrected chi connectivity index (χ2v) is 8.76. The van der Waals surface area contributed by atoms with Crippen LogP contribution < -0.4 is 5.32 Å². The number of hydrogen-bond acceptors (Lipinski definition) is 2. The molecule has 0 bridgehead atoms. The summed E-state index contributed by atoms with van der Waals surface area (Å²) in [6.45, 7) is 11.6. The van der Waals surface area contributed by atoms with Crippen molar-refractivity contribution in [1.82, 2.24) is 14.9 Å². The molecule has 4 heteroatoms. The summed E-state index contributed by atoms with van der Waals surface area (Å²) in [5.41, 5.74) is 4.36. The van der Waals surface area contributed by atoms with Gasteiger partial charge in [0.25, 0.3) is 0 Å². The van der Waals surface area contributed by atoms with E-state index in [0.717, 1.165) is 23.4 Å². The summed E-state index contributed by atoms with van der Waals surface area (Å²) in [6.07, 6.45) is 0.709. The second kappa shape index (κ2) is 8.17. The Labute approximate surface area is 168 Å².